The van der Waals surface area contributed by atoms with Gasteiger partial charge in [-0.25, -0.2) is 4.79 Å². The topological polar surface area (TPSA) is 35.6 Å². The van der Waals surface area contributed by atoms with Gasteiger partial charge in [-0.05, 0) is 6.54 Å². The number of likely N-dealkylation sites (tertiary alicyclic amines) is 2. The van der Waals surface area contributed by atoms with E-state index in [2.05, 4.69) is 17.1 Å². The maximum Gasteiger partial charge on any atom is 0.317 e. The van der Waals surface area contributed by atoms with Crippen molar-refractivity contribution in [2.75, 3.05) is 39.8 Å². The van der Waals surface area contributed by atoms with Crippen molar-refractivity contribution < 1.29 is 4.79 Å². The van der Waals surface area contributed by atoms with Crippen LogP contribution in [-0.4, -0.2) is 55.6 Å². The summed E-state index contributed by atoms with van der Waals surface area (Å²) in [5.74, 6) is 0. The molecule has 0 aromatic rings. The molecule has 0 radical (unpaired) electrons. The van der Waals surface area contributed by atoms with Crippen LogP contribution in [0.2, 0.25) is 0 Å². The summed E-state index contributed by atoms with van der Waals surface area (Å²) in [6.07, 6.45) is 0. The molecule has 0 unspecified atom stereocenters. The van der Waals surface area contributed by atoms with E-state index in [4.69, 9.17) is 0 Å². The van der Waals surface area contributed by atoms with Crippen molar-refractivity contribution in [3.63, 3.8) is 0 Å². The molecule has 2 aliphatic rings. The van der Waals surface area contributed by atoms with Crippen molar-refractivity contribution in [3.8, 4) is 0 Å². The third kappa shape index (κ3) is 1.29. The highest BCUT2D eigenvalue weighted by atomic mass is 16.2. The molecule has 0 atom stereocenters. The minimum absolute atomic E-state index is 0.0700. The van der Waals surface area contributed by atoms with Gasteiger partial charge in [-0.3, -0.25) is 0 Å². The molecule has 4 heteroatoms. The largest absolute Gasteiger partial charge is 0.341 e. The zero-order chi connectivity index (χ0) is 9.47. The van der Waals surface area contributed by atoms with E-state index in [0.29, 0.717) is 5.41 Å². The molecule has 0 aliphatic carbocycles. The number of hydrogen-bond donors (Lipinski definition) is 1. The number of nitrogens with zero attached hydrogens (tertiary/aromatic N) is 2. The van der Waals surface area contributed by atoms with Gasteiger partial charge in [0.15, 0.2) is 0 Å². The Hall–Kier alpha value is -0.770. The van der Waals surface area contributed by atoms with Crippen LogP contribution in [0, 0.1) is 5.41 Å². The Kier molecular flexibility index (Phi) is 1.95. The minimum atomic E-state index is 0.0700. The molecule has 2 fully saturated rings. The summed E-state index contributed by atoms with van der Waals surface area (Å²) in [7, 11) is 1.69. The van der Waals surface area contributed by atoms with Gasteiger partial charge in [-0.1, -0.05) is 6.92 Å². The zero-order valence-electron chi connectivity index (χ0n) is 8.34. The lowest BCUT2D eigenvalue weighted by Crippen LogP contribution is -2.73. The van der Waals surface area contributed by atoms with Crippen LogP contribution in [-0.2, 0) is 0 Å². The molecule has 1 N–H and O–H groups in total. The van der Waals surface area contributed by atoms with Gasteiger partial charge in [-0.2, -0.15) is 0 Å². The van der Waals surface area contributed by atoms with Crippen LogP contribution < -0.4 is 5.32 Å². The lowest BCUT2D eigenvalue weighted by molar-refractivity contribution is -0.0918. The summed E-state index contributed by atoms with van der Waals surface area (Å²) in [4.78, 5) is 15.5. The molecule has 0 saturated carbocycles. The van der Waals surface area contributed by atoms with Crippen LogP contribution in [0.3, 0.4) is 0 Å². The Bertz CT molecular complexity index is 215. The van der Waals surface area contributed by atoms with E-state index in [1.807, 2.05) is 4.90 Å². The fourth-order valence-electron chi connectivity index (χ4n) is 2.39. The van der Waals surface area contributed by atoms with Crippen LogP contribution in [0.1, 0.15) is 6.92 Å². The molecule has 2 heterocycles. The number of carbonyl (C=O) groups excluding carboxylic acids is 1. The third-order valence-corrected chi connectivity index (χ3v) is 3.12. The Labute approximate surface area is 78.9 Å². The highest BCUT2D eigenvalue weighted by molar-refractivity contribution is 5.75. The van der Waals surface area contributed by atoms with Crippen LogP contribution in [0.15, 0.2) is 0 Å². The summed E-state index contributed by atoms with van der Waals surface area (Å²) in [6, 6.07) is 0.0700. The molecule has 4 nitrogen and oxygen atoms in total. The van der Waals surface area contributed by atoms with Gasteiger partial charge >= 0.3 is 6.03 Å². The second-order valence-corrected chi connectivity index (χ2v) is 4.21. The number of nitrogens with one attached hydrogen (secondary N) is 1. The summed E-state index contributed by atoms with van der Waals surface area (Å²) < 4.78 is 0. The Morgan fingerprint density at radius 2 is 2.00 bits per heavy atom. The van der Waals surface area contributed by atoms with Crippen LogP contribution in [0.4, 0.5) is 4.79 Å². The van der Waals surface area contributed by atoms with Gasteiger partial charge in [-0.15, -0.1) is 0 Å². The summed E-state index contributed by atoms with van der Waals surface area (Å²) in [5.41, 5.74) is 0.461. The van der Waals surface area contributed by atoms with E-state index in [1.54, 1.807) is 7.05 Å². The standard InChI is InChI=1S/C9H17N3O/c1-3-11-4-9(5-11)6-12(7-9)8(13)10-2/h3-7H2,1-2H3,(H,10,13). The molecule has 0 aromatic carbocycles. The van der Waals surface area contributed by atoms with Crippen LogP contribution >= 0.6 is 0 Å². The predicted molar refractivity (Wildman–Crippen MR) is 50.6 cm³/mol. The molecule has 2 amide bonds. The number of urea groups is 1. The smallest absolute Gasteiger partial charge is 0.317 e. The van der Waals surface area contributed by atoms with E-state index < -0.39 is 0 Å². The fraction of sp³-hybridized carbons (Fsp3) is 0.889. The van der Waals surface area contributed by atoms with Crippen molar-refractivity contribution >= 4 is 6.03 Å². The lowest BCUT2D eigenvalue weighted by atomic mass is 9.73. The third-order valence-electron chi connectivity index (χ3n) is 3.12. The van der Waals surface area contributed by atoms with Crippen molar-refractivity contribution in [3.05, 3.63) is 0 Å². The number of carbonyl (C=O) groups is 1. The van der Waals surface area contributed by atoms with Gasteiger partial charge in [0.05, 0.1) is 0 Å². The summed E-state index contributed by atoms with van der Waals surface area (Å²) in [5, 5.41) is 2.65. The van der Waals surface area contributed by atoms with Gasteiger partial charge in [0, 0.05) is 38.6 Å². The SMILES string of the molecule is CCN1CC2(C1)CN(C(=O)NC)C2. The molecular weight excluding hydrogens is 166 g/mol. The van der Waals surface area contributed by atoms with Crippen LogP contribution in [0.5, 0.6) is 0 Å². The minimum Gasteiger partial charge on any atom is -0.341 e. The molecule has 2 rings (SSSR count). The highest BCUT2D eigenvalue weighted by Crippen LogP contribution is 2.39. The Balaban J connectivity index is 1.76. The lowest BCUT2D eigenvalue weighted by Gasteiger charge is -2.60. The number of rotatable bonds is 1. The Morgan fingerprint density at radius 1 is 1.38 bits per heavy atom. The molecular formula is C9H17N3O. The molecule has 1 spiro atoms. The first kappa shape index (κ1) is 8.81. The summed E-state index contributed by atoms with van der Waals surface area (Å²) >= 11 is 0. The monoisotopic (exact) mass is 183 g/mol. The Morgan fingerprint density at radius 3 is 2.46 bits per heavy atom. The van der Waals surface area contributed by atoms with Crippen molar-refractivity contribution in [2.45, 2.75) is 6.92 Å². The van der Waals surface area contributed by atoms with E-state index >= 15 is 0 Å². The zero-order valence-corrected chi connectivity index (χ0v) is 8.34. The van der Waals surface area contributed by atoms with E-state index in [1.165, 1.54) is 13.1 Å². The maximum absolute atomic E-state index is 11.2. The number of amides is 2. The average Bonchev–Trinajstić information content (AvgIpc) is 1.99. The van der Waals surface area contributed by atoms with Gasteiger partial charge in [0.25, 0.3) is 0 Å². The van der Waals surface area contributed by atoms with Gasteiger partial charge in [0.1, 0.15) is 0 Å². The summed E-state index contributed by atoms with van der Waals surface area (Å²) in [6.45, 7) is 7.57. The molecule has 2 saturated heterocycles. The molecule has 2 aliphatic heterocycles. The predicted octanol–water partition coefficient (Wildman–Crippen LogP) is -0.0367. The second-order valence-electron chi connectivity index (χ2n) is 4.21. The van der Waals surface area contributed by atoms with Crippen LogP contribution in [0.25, 0.3) is 0 Å². The maximum atomic E-state index is 11.2. The second kappa shape index (κ2) is 2.87. The molecule has 74 valence electrons. The molecule has 0 bridgehead atoms. The first-order valence-corrected chi connectivity index (χ1v) is 4.88. The first-order chi connectivity index (χ1) is 6.19. The van der Waals surface area contributed by atoms with Crippen molar-refractivity contribution in [1.82, 2.24) is 15.1 Å². The van der Waals surface area contributed by atoms with E-state index in [0.717, 1.165) is 19.6 Å². The average molecular weight is 183 g/mol. The molecule has 0 aromatic heterocycles. The molecule has 13 heavy (non-hydrogen) atoms. The van der Waals surface area contributed by atoms with E-state index in [9.17, 15) is 4.79 Å². The highest BCUT2D eigenvalue weighted by Gasteiger charge is 2.52. The van der Waals surface area contributed by atoms with Gasteiger partial charge < -0.3 is 15.1 Å². The number of hydrogen-bond acceptors (Lipinski definition) is 2. The normalized spacial score (nSPS) is 25.2. The first-order valence-electron chi connectivity index (χ1n) is 4.88. The van der Waals surface area contributed by atoms with Gasteiger partial charge in [0.2, 0.25) is 0 Å². The van der Waals surface area contributed by atoms with Crippen molar-refractivity contribution in [2.24, 2.45) is 5.41 Å². The fourth-order valence-corrected chi connectivity index (χ4v) is 2.39. The quantitative estimate of drug-likeness (QED) is 0.619. The van der Waals surface area contributed by atoms with E-state index in [-0.39, 0.29) is 6.03 Å². The van der Waals surface area contributed by atoms with Crippen molar-refractivity contribution in [1.29, 1.82) is 0 Å².